The lowest BCUT2D eigenvalue weighted by Crippen LogP contribution is -2.41. The molecule has 148 valence electrons. The SMILES string of the molecule is CC(C)C[C@H](N)C(=O)NCc1ccc(S(=O)(=O)N2CCCCC2)cc1.Cl. The van der Waals surface area contributed by atoms with Gasteiger partial charge in [0.15, 0.2) is 0 Å². The van der Waals surface area contributed by atoms with Gasteiger partial charge in [0, 0.05) is 19.6 Å². The molecule has 0 aromatic heterocycles. The van der Waals surface area contributed by atoms with Gasteiger partial charge in [-0.3, -0.25) is 4.79 Å². The lowest BCUT2D eigenvalue weighted by molar-refractivity contribution is -0.122. The number of carbonyl (C=O) groups is 1. The van der Waals surface area contributed by atoms with Crippen LogP contribution in [0.4, 0.5) is 0 Å². The second-order valence-electron chi connectivity index (χ2n) is 7.06. The molecule has 1 aromatic carbocycles. The van der Waals surface area contributed by atoms with Crippen molar-refractivity contribution in [2.45, 2.75) is 57.0 Å². The summed E-state index contributed by atoms with van der Waals surface area (Å²) < 4.78 is 26.7. The highest BCUT2D eigenvalue weighted by molar-refractivity contribution is 7.89. The van der Waals surface area contributed by atoms with Crippen LogP contribution in [0, 0.1) is 5.92 Å². The molecule has 0 saturated carbocycles. The van der Waals surface area contributed by atoms with Gasteiger partial charge in [0.05, 0.1) is 10.9 Å². The maximum absolute atomic E-state index is 12.6. The molecule has 2 rings (SSSR count). The van der Waals surface area contributed by atoms with Gasteiger partial charge in [0.1, 0.15) is 0 Å². The lowest BCUT2D eigenvalue weighted by Gasteiger charge is -2.25. The monoisotopic (exact) mass is 403 g/mol. The largest absolute Gasteiger partial charge is 0.351 e. The van der Waals surface area contributed by atoms with Crippen molar-refractivity contribution in [3.05, 3.63) is 29.8 Å². The van der Waals surface area contributed by atoms with Crippen LogP contribution in [0.1, 0.15) is 45.1 Å². The zero-order valence-corrected chi connectivity index (χ0v) is 17.1. The Morgan fingerprint density at radius 3 is 2.27 bits per heavy atom. The number of piperidine rings is 1. The summed E-state index contributed by atoms with van der Waals surface area (Å²) in [7, 11) is -3.41. The molecule has 0 bridgehead atoms. The van der Waals surface area contributed by atoms with Crippen LogP contribution < -0.4 is 11.1 Å². The molecule has 3 N–H and O–H groups in total. The summed E-state index contributed by atoms with van der Waals surface area (Å²) in [6, 6.07) is 6.19. The minimum atomic E-state index is -3.41. The van der Waals surface area contributed by atoms with Gasteiger partial charge in [-0.2, -0.15) is 4.31 Å². The second-order valence-corrected chi connectivity index (χ2v) is 9.00. The van der Waals surface area contributed by atoms with E-state index in [4.69, 9.17) is 5.73 Å². The number of halogens is 1. The Morgan fingerprint density at radius 2 is 1.73 bits per heavy atom. The van der Waals surface area contributed by atoms with Gasteiger partial charge in [-0.15, -0.1) is 12.4 Å². The lowest BCUT2D eigenvalue weighted by atomic mass is 10.0. The van der Waals surface area contributed by atoms with Crippen LogP contribution in [0.15, 0.2) is 29.2 Å². The topological polar surface area (TPSA) is 92.5 Å². The van der Waals surface area contributed by atoms with E-state index in [1.54, 1.807) is 28.6 Å². The molecule has 1 aromatic rings. The molecule has 1 aliphatic heterocycles. The molecule has 0 spiro atoms. The number of carbonyl (C=O) groups excluding carboxylic acids is 1. The summed E-state index contributed by atoms with van der Waals surface area (Å²) in [4.78, 5) is 12.3. The molecule has 1 saturated heterocycles. The van der Waals surface area contributed by atoms with Gasteiger partial charge < -0.3 is 11.1 Å². The smallest absolute Gasteiger partial charge is 0.243 e. The first kappa shape index (κ1) is 22.9. The molecular weight excluding hydrogens is 374 g/mol. The fourth-order valence-electron chi connectivity index (χ4n) is 2.97. The van der Waals surface area contributed by atoms with Crippen LogP contribution in [0.25, 0.3) is 0 Å². The van der Waals surface area contributed by atoms with E-state index < -0.39 is 16.1 Å². The molecule has 6 nitrogen and oxygen atoms in total. The first-order valence-corrected chi connectivity index (χ1v) is 10.4. The quantitative estimate of drug-likeness (QED) is 0.730. The molecular formula is C18H30ClN3O3S. The number of nitrogens with one attached hydrogen (secondary N) is 1. The average Bonchev–Trinajstić information content (AvgIpc) is 2.60. The third-order valence-electron chi connectivity index (χ3n) is 4.41. The van der Waals surface area contributed by atoms with E-state index in [1.807, 2.05) is 13.8 Å². The van der Waals surface area contributed by atoms with Gasteiger partial charge in [-0.05, 0) is 42.9 Å². The predicted molar refractivity (Wildman–Crippen MR) is 106 cm³/mol. The number of amides is 1. The highest BCUT2D eigenvalue weighted by Crippen LogP contribution is 2.20. The highest BCUT2D eigenvalue weighted by atomic mass is 35.5. The van der Waals surface area contributed by atoms with Gasteiger partial charge >= 0.3 is 0 Å². The Hall–Kier alpha value is -1.15. The Balaban J connectivity index is 0.00000338. The van der Waals surface area contributed by atoms with E-state index in [2.05, 4.69) is 5.32 Å². The van der Waals surface area contributed by atoms with Gasteiger partial charge in [0.25, 0.3) is 0 Å². The van der Waals surface area contributed by atoms with Gasteiger partial charge in [0.2, 0.25) is 15.9 Å². The maximum atomic E-state index is 12.6. The average molecular weight is 404 g/mol. The minimum Gasteiger partial charge on any atom is -0.351 e. The molecule has 0 unspecified atom stereocenters. The molecule has 26 heavy (non-hydrogen) atoms. The third-order valence-corrected chi connectivity index (χ3v) is 6.32. The standard InChI is InChI=1S/C18H29N3O3S.ClH/c1-14(2)12-17(19)18(22)20-13-15-6-8-16(9-7-15)25(23,24)21-10-4-3-5-11-21;/h6-9,14,17H,3-5,10-13,19H2,1-2H3,(H,20,22);1H/t17-;/m0./s1. The molecule has 1 amide bonds. The van der Waals surface area contributed by atoms with Crippen molar-refractivity contribution in [3.8, 4) is 0 Å². The number of hydrogen-bond donors (Lipinski definition) is 2. The van der Waals surface area contributed by atoms with E-state index in [1.165, 1.54) is 0 Å². The number of sulfonamides is 1. The van der Waals surface area contributed by atoms with Crippen LogP contribution in [-0.2, 0) is 21.4 Å². The number of nitrogens with zero attached hydrogens (tertiary/aromatic N) is 1. The summed E-state index contributed by atoms with van der Waals surface area (Å²) in [5, 5.41) is 2.80. The molecule has 1 heterocycles. The van der Waals surface area contributed by atoms with Crippen LogP contribution in [0.5, 0.6) is 0 Å². The Morgan fingerprint density at radius 1 is 1.15 bits per heavy atom. The molecule has 8 heteroatoms. The summed E-state index contributed by atoms with van der Waals surface area (Å²) >= 11 is 0. The summed E-state index contributed by atoms with van der Waals surface area (Å²) in [6.45, 7) is 5.57. The summed E-state index contributed by atoms with van der Waals surface area (Å²) in [5.41, 5.74) is 6.70. The van der Waals surface area contributed by atoms with Crippen LogP contribution in [-0.4, -0.2) is 37.8 Å². The van der Waals surface area contributed by atoms with Crippen LogP contribution in [0.2, 0.25) is 0 Å². The molecule has 1 atom stereocenters. The van der Waals surface area contributed by atoms with Crippen LogP contribution in [0.3, 0.4) is 0 Å². The van der Waals surface area contributed by atoms with Gasteiger partial charge in [-0.25, -0.2) is 8.42 Å². The summed E-state index contributed by atoms with van der Waals surface area (Å²) in [5.74, 6) is 0.179. The first-order chi connectivity index (χ1) is 11.8. The van der Waals surface area contributed by atoms with E-state index in [-0.39, 0.29) is 18.3 Å². The van der Waals surface area contributed by atoms with Crippen molar-refractivity contribution in [2.75, 3.05) is 13.1 Å². The zero-order valence-electron chi connectivity index (χ0n) is 15.5. The normalized spacial score (nSPS) is 16.8. The fourth-order valence-corrected chi connectivity index (χ4v) is 4.49. The Labute approximate surface area is 163 Å². The van der Waals surface area contributed by atoms with Crippen molar-refractivity contribution in [3.63, 3.8) is 0 Å². The molecule has 0 radical (unpaired) electrons. The predicted octanol–water partition coefficient (Wildman–Crippen LogP) is 2.27. The minimum absolute atomic E-state index is 0. The fraction of sp³-hybridized carbons (Fsp3) is 0.611. The van der Waals surface area contributed by atoms with E-state index in [0.29, 0.717) is 36.9 Å². The Bertz CT molecular complexity index is 671. The molecule has 1 aliphatic rings. The highest BCUT2D eigenvalue weighted by Gasteiger charge is 2.25. The first-order valence-electron chi connectivity index (χ1n) is 8.93. The van der Waals surface area contributed by atoms with Crippen molar-refractivity contribution in [1.29, 1.82) is 0 Å². The van der Waals surface area contributed by atoms with Crippen molar-refractivity contribution < 1.29 is 13.2 Å². The van der Waals surface area contributed by atoms with Crippen LogP contribution >= 0.6 is 12.4 Å². The number of hydrogen-bond acceptors (Lipinski definition) is 4. The molecule has 1 fully saturated rings. The van der Waals surface area contributed by atoms with Crippen molar-refractivity contribution in [2.24, 2.45) is 11.7 Å². The third kappa shape index (κ3) is 6.23. The van der Waals surface area contributed by atoms with E-state index >= 15 is 0 Å². The Kier molecular flexibility index (Phi) is 9.03. The second kappa shape index (κ2) is 10.3. The number of benzene rings is 1. The van der Waals surface area contributed by atoms with Crippen molar-refractivity contribution >= 4 is 28.3 Å². The van der Waals surface area contributed by atoms with E-state index in [0.717, 1.165) is 24.8 Å². The number of rotatable bonds is 7. The zero-order chi connectivity index (χ0) is 18.4. The number of nitrogens with two attached hydrogens (primary N) is 1. The van der Waals surface area contributed by atoms with E-state index in [9.17, 15) is 13.2 Å². The van der Waals surface area contributed by atoms with Gasteiger partial charge in [-0.1, -0.05) is 32.4 Å². The molecule has 0 aliphatic carbocycles. The summed E-state index contributed by atoms with van der Waals surface area (Å²) in [6.07, 6.45) is 3.56. The van der Waals surface area contributed by atoms with Crippen molar-refractivity contribution in [1.82, 2.24) is 9.62 Å². The maximum Gasteiger partial charge on any atom is 0.243 e.